The maximum atomic E-state index is 11.8. The minimum absolute atomic E-state index is 0.391. The van der Waals surface area contributed by atoms with Crippen LogP contribution in [0.15, 0.2) is 6.07 Å². The number of aromatic nitrogens is 2. The molecule has 0 unspecified atom stereocenters. The largest absolute Gasteiger partial charge is 0.466 e. The summed E-state index contributed by atoms with van der Waals surface area (Å²) in [5.74, 6) is 2.19. The lowest BCUT2D eigenvalue weighted by Crippen LogP contribution is -2.32. The van der Waals surface area contributed by atoms with Gasteiger partial charge in [-0.3, -0.25) is 0 Å². The van der Waals surface area contributed by atoms with Crippen LogP contribution >= 0.6 is 11.8 Å². The number of carbonyl (C=O) groups excluding carboxylic acids is 1. The predicted octanol–water partition coefficient (Wildman–Crippen LogP) is 2.47. The van der Waals surface area contributed by atoms with E-state index in [4.69, 9.17) is 14.4 Å². The zero-order valence-corrected chi connectivity index (χ0v) is 13.1. The third-order valence-corrected chi connectivity index (χ3v) is 3.26. The first-order valence-corrected chi connectivity index (χ1v) is 7.56. The molecular formula is C12H21N3O4S. The topological polar surface area (TPSA) is 65.8 Å². The summed E-state index contributed by atoms with van der Waals surface area (Å²) in [6, 6.07) is 1.76. The third-order valence-electron chi connectivity index (χ3n) is 2.36. The molecule has 114 valence electrons. The molecule has 0 saturated heterocycles. The molecule has 0 N–H and O–H groups in total. The molecule has 20 heavy (non-hydrogen) atoms. The van der Waals surface area contributed by atoms with Crippen LogP contribution in [0.1, 0.15) is 26.0 Å². The summed E-state index contributed by atoms with van der Waals surface area (Å²) < 4.78 is 6.90. The third kappa shape index (κ3) is 4.69. The van der Waals surface area contributed by atoms with Gasteiger partial charge < -0.3 is 4.74 Å². The van der Waals surface area contributed by atoms with Gasteiger partial charge >= 0.3 is 6.09 Å². The average molecular weight is 303 g/mol. The summed E-state index contributed by atoms with van der Waals surface area (Å²) in [6.45, 7) is 4.80. The van der Waals surface area contributed by atoms with Crippen molar-refractivity contribution < 1.29 is 19.2 Å². The second-order valence-electron chi connectivity index (χ2n) is 3.82. The zero-order chi connectivity index (χ0) is 15.0. The molecule has 0 saturated carbocycles. The summed E-state index contributed by atoms with van der Waals surface area (Å²) in [5.41, 5.74) is 0.884. The van der Waals surface area contributed by atoms with Gasteiger partial charge in [0.2, 0.25) is 5.88 Å². The van der Waals surface area contributed by atoms with E-state index in [2.05, 4.69) is 12.0 Å². The van der Waals surface area contributed by atoms with Crippen LogP contribution in [0.3, 0.4) is 0 Å². The summed E-state index contributed by atoms with van der Waals surface area (Å²) in [6.07, 6.45) is 0.146. The lowest BCUT2D eigenvalue weighted by molar-refractivity contribution is -0.305. The number of nitrogens with zero attached hydrogens (tertiary/aromatic N) is 3. The van der Waals surface area contributed by atoms with Gasteiger partial charge in [-0.15, -0.1) is 0 Å². The van der Waals surface area contributed by atoms with Crippen LogP contribution < -0.4 is 4.74 Å². The molecule has 1 amide bonds. The van der Waals surface area contributed by atoms with Gasteiger partial charge in [0.05, 0.1) is 19.9 Å². The van der Waals surface area contributed by atoms with Crippen LogP contribution in [0.2, 0.25) is 0 Å². The average Bonchev–Trinajstić information content (AvgIpc) is 2.80. The normalized spacial score (nSPS) is 10.6. The number of rotatable bonds is 8. The smallest absolute Gasteiger partial charge is 0.388 e. The number of aryl methyl sites for hydroxylation is 1. The minimum atomic E-state index is -0.748. The monoisotopic (exact) mass is 303 g/mol. The Morgan fingerprint density at radius 1 is 1.40 bits per heavy atom. The van der Waals surface area contributed by atoms with Crippen LogP contribution in [0.5, 0.6) is 5.88 Å². The second-order valence-corrected chi connectivity index (χ2v) is 5.10. The fourth-order valence-corrected chi connectivity index (χ4v) is 2.09. The van der Waals surface area contributed by atoms with Crippen molar-refractivity contribution in [1.82, 2.24) is 15.0 Å². The van der Waals surface area contributed by atoms with Gasteiger partial charge in [-0.25, -0.2) is 19.2 Å². The van der Waals surface area contributed by atoms with Gasteiger partial charge in [-0.2, -0.15) is 16.9 Å². The van der Waals surface area contributed by atoms with Crippen molar-refractivity contribution >= 4 is 17.9 Å². The minimum Gasteiger partial charge on any atom is -0.388 e. The molecule has 0 radical (unpaired) electrons. The highest BCUT2D eigenvalue weighted by atomic mass is 32.2. The predicted molar refractivity (Wildman–Crippen MR) is 76.2 cm³/mol. The lowest BCUT2D eigenvalue weighted by atomic mass is 10.5. The maximum absolute atomic E-state index is 11.8. The fraction of sp³-hybridized carbons (Fsp3) is 0.667. The number of hydroxylamine groups is 2. The molecule has 0 aliphatic rings. The maximum Gasteiger partial charge on any atom is 0.466 e. The molecule has 1 rings (SSSR count). The Kier molecular flexibility index (Phi) is 7.42. The van der Waals surface area contributed by atoms with Crippen LogP contribution in [0.4, 0.5) is 4.79 Å². The first kappa shape index (κ1) is 16.8. The van der Waals surface area contributed by atoms with Gasteiger partial charge in [0.25, 0.3) is 0 Å². The molecule has 0 aromatic carbocycles. The number of carbonyl (C=O) groups is 1. The molecular weight excluding hydrogens is 282 g/mol. The number of hydrogen-bond donors (Lipinski definition) is 0. The highest BCUT2D eigenvalue weighted by Gasteiger charge is 2.19. The van der Waals surface area contributed by atoms with E-state index in [-0.39, 0.29) is 0 Å². The van der Waals surface area contributed by atoms with Crippen LogP contribution in [0.25, 0.3) is 0 Å². The van der Waals surface area contributed by atoms with Gasteiger partial charge in [0.1, 0.15) is 0 Å². The van der Waals surface area contributed by atoms with E-state index >= 15 is 0 Å². The standard InChI is InChI=1S/C12H21N3O4S/c1-5-7-14-11(8-10(13-14)9-20-6-2)19-12(16)15(17-3)18-4/h8H,5-7,9H2,1-4H3. The van der Waals surface area contributed by atoms with Gasteiger partial charge in [-0.05, 0) is 17.4 Å². The van der Waals surface area contributed by atoms with E-state index in [9.17, 15) is 4.79 Å². The van der Waals surface area contributed by atoms with Crippen molar-refractivity contribution in [2.24, 2.45) is 0 Å². The first-order valence-electron chi connectivity index (χ1n) is 6.40. The molecule has 1 heterocycles. The lowest BCUT2D eigenvalue weighted by Gasteiger charge is -2.15. The Balaban J connectivity index is 2.80. The molecule has 7 nitrogen and oxygen atoms in total. The zero-order valence-electron chi connectivity index (χ0n) is 12.3. The van der Waals surface area contributed by atoms with Crippen molar-refractivity contribution in [2.75, 3.05) is 20.0 Å². The van der Waals surface area contributed by atoms with Crippen LogP contribution in [0, 0.1) is 0 Å². The Bertz CT molecular complexity index is 421. The van der Waals surface area contributed by atoms with Crippen molar-refractivity contribution in [3.63, 3.8) is 0 Å². The number of thioether (sulfide) groups is 1. The van der Waals surface area contributed by atoms with Crippen molar-refractivity contribution in [2.45, 2.75) is 32.6 Å². The Hall–Kier alpha value is -1.25. The molecule has 8 heteroatoms. The molecule has 0 bridgehead atoms. The number of amides is 1. The van der Waals surface area contributed by atoms with Crippen molar-refractivity contribution in [1.29, 1.82) is 0 Å². The van der Waals surface area contributed by atoms with Crippen LogP contribution in [-0.4, -0.2) is 41.1 Å². The van der Waals surface area contributed by atoms with Gasteiger partial charge in [-0.1, -0.05) is 13.8 Å². The van der Waals surface area contributed by atoms with E-state index in [1.54, 1.807) is 22.5 Å². The van der Waals surface area contributed by atoms with E-state index in [0.717, 1.165) is 23.6 Å². The molecule has 0 aliphatic carbocycles. The molecule has 0 fully saturated rings. The Morgan fingerprint density at radius 2 is 2.10 bits per heavy atom. The fourth-order valence-electron chi connectivity index (χ4n) is 1.53. The van der Waals surface area contributed by atoms with E-state index in [0.29, 0.717) is 17.7 Å². The van der Waals surface area contributed by atoms with Crippen molar-refractivity contribution in [3.8, 4) is 5.88 Å². The summed E-state index contributed by atoms with van der Waals surface area (Å²) >= 11 is 1.76. The number of ether oxygens (including phenoxy) is 1. The number of hydrogen-bond acceptors (Lipinski definition) is 6. The molecule has 0 atom stereocenters. The molecule has 0 spiro atoms. The quantitative estimate of drug-likeness (QED) is 0.687. The summed E-state index contributed by atoms with van der Waals surface area (Å²) in [4.78, 5) is 21.2. The van der Waals surface area contributed by atoms with Gasteiger partial charge in [0, 0.05) is 18.4 Å². The molecule has 1 aromatic heterocycles. The molecule has 0 aliphatic heterocycles. The Labute approximate surface area is 123 Å². The summed E-state index contributed by atoms with van der Waals surface area (Å²) in [7, 11) is 2.63. The first-order chi connectivity index (χ1) is 9.65. The van der Waals surface area contributed by atoms with E-state index in [1.807, 2.05) is 6.92 Å². The molecule has 1 aromatic rings. The van der Waals surface area contributed by atoms with Gasteiger partial charge in [0.15, 0.2) is 0 Å². The van der Waals surface area contributed by atoms with Crippen molar-refractivity contribution in [3.05, 3.63) is 11.8 Å². The second kappa shape index (κ2) is 8.83. The highest BCUT2D eigenvalue weighted by molar-refractivity contribution is 7.98. The van der Waals surface area contributed by atoms with E-state index in [1.165, 1.54) is 14.2 Å². The summed E-state index contributed by atoms with van der Waals surface area (Å²) in [5, 5.41) is 5.08. The Morgan fingerprint density at radius 3 is 2.65 bits per heavy atom. The van der Waals surface area contributed by atoms with Crippen LogP contribution in [-0.2, 0) is 22.0 Å². The SMILES string of the molecule is CCCn1nc(CSCC)cc1OC(=O)N(OC)OC. The van der Waals surface area contributed by atoms with E-state index < -0.39 is 6.09 Å². The highest BCUT2D eigenvalue weighted by Crippen LogP contribution is 2.19.